The average molecular weight is 1790 g/mol. The number of rotatable bonds is 31. The molecule has 0 spiro atoms. The highest BCUT2D eigenvalue weighted by molar-refractivity contribution is 5.96. The summed E-state index contributed by atoms with van der Waals surface area (Å²) in [5.74, 6) is 4.38. The topological polar surface area (TPSA) is 332 Å². The predicted octanol–water partition coefficient (Wildman–Crippen LogP) is 21.0. The lowest BCUT2D eigenvalue weighted by molar-refractivity contribution is -0.130. The van der Waals surface area contributed by atoms with E-state index in [1.165, 1.54) is 120 Å². The van der Waals surface area contributed by atoms with Crippen molar-refractivity contribution in [3.63, 3.8) is 0 Å². The van der Waals surface area contributed by atoms with Gasteiger partial charge in [-0.1, -0.05) is 302 Å². The highest BCUT2D eigenvalue weighted by atomic mass is 16.6. The first kappa shape index (κ1) is 101. The molecule has 9 aliphatic rings. The molecule has 0 saturated heterocycles. The van der Waals surface area contributed by atoms with E-state index in [4.69, 9.17) is 28.4 Å². The van der Waals surface area contributed by atoms with Gasteiger partial charge in [0.25, 0.3) is 0 Å². The molecule has 24 heteroatoms. The van der Waals surface area contributed by atoms with Crippen LogP contribution in [-0.4, -0.2) is 127 Å². The maximum Gasteiger partial charge on any atom is 0.408 e. The van der Waals surface area contributed by atoms with Crippen LogP contribution in [0.4, 0.5) is 28.8 Å². The first-order chi connectivity index (χ1) is 62.9. The summed E-state index contributed by atoms with van der Waals surface area (Å²) in [5.41, 5.74) is 10.1. The molecule has 9 saturated carbocycles. The number of alkyl carbamates (subject to hydrolysis) is 6. The van der Waals surface area contributed by atoms with Crippen molar-refractivity contribution in [1.82, 2.24) is 31.9 Å². The molecule has 0 aliphatic heterocycles. The van der Waals surface area contributed by atoms with Gasteiger partial charge in [-0.05, 0) is 168 Å². The summed E-state index contributed by atoms with van der Waals surface area (Å²) >= 11 is 0. The number of nitrogens with one attached hydrogen (secondary N) is 6. The molecule has 702 valence electrons. The minimum atomic E-state index is -0.540. The van der Waals surface area contributed by atoms with Crippen LogP contribution in [0.2, 0.25) is 0 Å². The lowest BCUT2D eigenvalue weighted by atomic mass is 9.80. The molecule has 24 nitrogen and oxygen atoms in total. The van der Waals surface area contributed by atoms with Gasteiger partial charge >= 0.3 is 36.6 Å². The summed E-state index contributed by atoms with van der Waals surface area (Å²) in [4.78, 5) is 138. The number of Topliss-reactive ketones (excluding diaryl/α,β-unsaturated/α-hetero) is 6. The fraction of sp³-hybridized carbons (Fsp3) is 0.547. The Labute approximate surface area is 768 Å². The molecule has 0 aromatic heterocycles. The highest BCUT2D eigenvalue weighted by Crippen LogP contribution is 2.35. The van der Waals surface area contributed by atoms with Gasteiger partial charge in [-0.3, -0.25) is 28.8 Å². The fourth-order valence-corrected chi connectivity index (χ4v) is 18.0. The third kappa shape index (κ3) is 34.0. The van der Waals surface area contributed by atoms with E-state index >= 15 is 0 Å². The van der Waals surface area contributed by atoms with Crippen molar-refractivity contribution in [3.8, 4) is 22.3 Å². The molecule has 6 aromatic carbocycles. The number of ether oxygens (including phenoxy) is 6. The highest BCUT2D eigenvalue weighted by Gasteiger charge is 2.42. The Kier molecular flexibility index (Phi) is 41.9. The largest absolute Gasteiger partial charge is 0.450 e. The van der Waals surface area contributed by atoms with Crippen molar-refractivity contribution in [3.05, 3.63) is 192 Å². The molecule has 0 radical (unpaired) electrons. The molecule has 9 fully saturated rings. The van der Waals surface area contributed by atoms with Crippen molar-refractivity contribution >= 4 is 71.3 Å². The van der Waals surface area contributed by atoms with Gasteiger partial charge in [0.1, 0.15) is 19.8 Å². The van der Waals surface area contributed by atoms with E-state index in [0.29, 0.717) is 64.3 Å². The van der Waals surface area contributed by atoms with Crippen LogP contribution in [0.1, 0.15) is 268 Å². The minimum Gasteiger partial charge on any atom is -0.450 e. The van der Waals surface area contributed by atoms with E-state index in [-0.39, 0.29) is 126 Å². The van der Waals surface area contributed by atoms with Crippen LogP contribution in [0, 0.1) is 47.3 Å². The molecule has 6 amide bonds. The normalized spacial score (nSPS) is 23.0. The number of benzene rings is 6. The Bertz CT molecular complexity index is 4360. The van der Waals surface area contributed by atoms with Gasteiger partial charge in [0.2, 0.25) is 0 Å². The second-order valence-electron chi connectivity index (χ2n) is 37.3. The molecule has 15 rings (SSSR count). The molecular weight excluding hydrogens is 1650 g/mol. The number of ketones is 6. The number of unbranched alkanes of at least 4 members (excludes halogenated alkanes) is 4. The number of aryl methyl sites for hydroxylation is 1. The first-order valence-electron chi connectivity index (χ1n) is 48.1. The van der Waals surface area contributed by atoms with E-state index in [0.717, 1.165) is 102 Å². The van der Waals surface area contributed by atoms with Gasteiger partial charge in [-0.15, -0.1) is 0 Å². The molecule has 0 bridgehead atoms. The van der Waals surface area contributed by atoms with Crippen molar-refractivity contribution in [2.45, 2.75) is 303 Å². The quantitative estimate of drug-likeness (QED) is 0.0174. The molecule has 130 heavy (non-hydrogen) atoms. The van der Waals surface area contributed by atoms with Gasteiger partial charge in [0.15, 0.2) is 34.7 Å². The Morgan fingerprint density at radius 3 is 0.800 bits per heavy atom. The van der Waals surface area contributed by atoms with Gasteiger partial charge in [0.05, 0.1) is 56.1 Å². The van der Waals surface area contributed by atoms with Crippen LogP contribution in [0.3, 0.4) is 0 Å². The van der Waals surface area contributed by atoms with Crippen molar-refractivity contribution in [2.75, 3.05) is 19.8 Å². The van der Waals surface area contributed by atoms with Gasteiger partial charge in [-0.2, -0.15) is 0 Å². The van der Waals surface area contributed by atoms with Crippen LogP contribution >= 0.6 is 0 Å². The maximum absolute atomic E-state index is 11.7. The maximum atomic E-state index is 11.7. The zero-order chi connectivity index (χ0) is 92.5. The van der Waals surface area contributed by atoms with E-state index in [2.05, 4.69) is 80.4 Å². The van der Waals surface area contributed by atoms with Crippen LogP contribution in [0.15, 0.2) is 164 Å². The van der Waals surface area contributed by atoms with Gasteiger partial charge in [0, 0.05) is 38.5 Å². The number of hydrogen-bond donors (Lipinski definition) is 6. The van der Waals surface area contributed by atoms with Crippen LogP contribution in [0.25, 0.3) is 22.3 Å². The Hall–Kier alpha value is -11.0. The van der Waals surface area contributed by atoms with Crippen molar-refractivity contribution < 1.29 is 86.0 Å². The van der Waals surface area contributed by atoms with Crippen LogP contribution in [0.5, 0.6) is 0 Å². The van der Waals surface area contributed by atoms with Gasteiger partial charge in [-0.25, -0.2) is 28.8 Å². The lowest BCUT2D eigenvalue weighted by Crippen LogP contribution is -2.53. The molecule has 9 aliphatic carbocycles. The summed E-state index contributed by atoms with van der Waals surface area (Å²) in [7, 11) is 0. The van der Waals surface area contributed by atoms with Crippen LogP contribution in [-0.2, 0) is 83.4 Å². The smallest absolute Gasteiger partial charge is 0.408 e. The number of carbonyl (C=O) groups is 12. The van der Waals surface area contributed by atoms with Crippen LogP contribution < -0.4 is 31.9 Å². The number of amides is 6. The SMILES string of the molecule is C[C@@H]1CC(=O)[C@H]1NC(=O)OCCCCC1CCCCC1.C[C@@H]1CC(=O)[C@H]1NC(=O)OCCCCCc1ccccc1.C[C@@H]1CC(=O)[C@H]1NC(=O)OCc1ccc(-c2ccccc2)cc1.C[C@@H]1CC(=O)[C@H]1NC(=O)OCc1ccc(C2CCCCC2)cc1.C[C@H]1CC(=O)[C@H]1NC(=O)OCCCCC1CCCCC1.C[C@H]1CC(=O)[C@H]1NC(=O)OCc1ccc(-c2ccccc2)cc1. The van der Waals surface area contributed by atoms with Crippen molar-refractivity contribution in [1.29, 1.82) is 0 Å². The third-order valence-electron chi connectivity index (χ3n) is 26.7. The molecule has 0 unspecified atom stereocenters. The van der Waals surface area contributed by atoms with E-state index < -0.39 is 36.6 Å². The second-order valence-corrected chi connectivity index (χ2v) is 37.3. The Balaban J connectivity index is 0.000000162. The zero-order valence-corrected chi connectivity index (χ0v) is 77.3. The zero-order valence-electron chi connectivity index (χ0n) is 77.3. The summed E-state index contributed by atoms with van der Waals surface area (Å²) in [6.45, 7) is 13.7. The van der Waals surface area contributed by atoms with E-state index in [1.54, 1.807) is 0 Å². The molecule has 12 atom stereocenters. The first-order valence-corrected chi connectivity index (χ1v) is 48.1. The predicted molar refractivity (Wildman–Crippen MR) is 500 cm³/mol. The second kappa shape index (κ2) is 53.9. The monoisotopic (exact) mass is 1790 g/mol. The summed E-state index contributed by atoms with van der Waals surface area (Å²) in [6, 6.07) is 52.6. The summed E-state index contributed by atoms with van der Waals surface area (Å²) in [5, 5.41) is 15.8. The van der Waals surface area contributed by atoms with Crippen molar-refractivity contribution in [2.24, 2.45) is 47.3 Å². The average Bonchev–Trinajstić information content (AvgIpc) is 0.804. The lowest BCUT2D eigenvalue weighted by Gasteiger charge is -2.32. The Morgan fingerprint density at radius 2 is 0.515 bits per heavy atom. The van der Waals surface area contributed by atoms with E-state index in [1.807, 2.05) is 157 Å². The molecule has 6 aromatic rings. The summed E-state index contributed by atoms with van der Waals surface area (Å²) in [6.07, 6.45) is 31.5. The molecular formula is C106H140N6O18. The molecule has 0 heterocycles. The third-order valence-corrected chi connectivity index (χ3v) is 26.7. The van der Waals surface area contributed by atoms with E-state index in [9.17, 15) is 57.5 Å². The van der Waals surface area contributed by atoms with Gasteiger partial charge < -0.3 is 60.3 Å². The standard InChI is InChI=1S/C19H25NO3.2C19H19NO3.C17H23NO3.2C16H27NO3/c3*1-13-11-17(21)18(13)20-19(22)23-12-14-7-9-16(10-8-14)15-5-3-2-4-6-15;1-13-12-15(19)16(13)18-17(20)21-11-7-3-6-10-14-8-4-2-5-9-14;2*1-12-11-14(18)15(12)17-16(19)20-10-6-5-9-13-7-3-2-4-8-13/h7-10,13,15,18H,2-6,11-12H2,1H3,(H,20,22);2*2-10,13,18H,11-12H2,1H3,(H,20,22);2,4-5,8-9,13,16H,3,6-7,10-12H2,1H3,(H,18,20);2*12-13,15H,2-11H2,1H3,(H,17,19)/t2*13-,18+;13-,18-;13-,16+;12-,15+;12-,15-/m110110/s1. The molecule has 6 N–H and O–H groups in total. The minimum absolute atomic E-state index is 0.0710. The Morgan fingerprint density at radius 1 is 0.262 bits per heavy atom. The number of carbonyl (C=O) groups excluding carboxylic acids is 12. The fourth-order valence-electron chi connectivity index (χ4n) is 18.0. The summed E-state index contributed by atoms with van der Waals surface area (Å²) < 4.78 is 30.9. The number of hydrogen-bond acceptors (Lipinski definition) is 18.